The van der Waals surface area contributed by atoms with E-state index in [4.69, 9.17) is 24.3 Å². The van der Waals surface area contributed by atoms with Crippen molar-refractivity contribution >= 4 is 19.8 Å². The maximum Gasteiger partial charge on any atom is 0.472 e. The van der Waals surface area contributed by atoms with Crippen LogP contribution < -0.4 is 5.73 Å². The minimum atomic E-state index is -4.39. The fourth-order valence-corrected chi connectivity index (χ4v) is 11.4. The summed E-state index contributed by atoms with van der Waals surface area (Å²) in [6, 6.07) is 0. The molecule has 0 aliphatic heterocycles. The van der Waals surface area contributed by atoms with Gasteiger partial charge in [-0.3, -0.25) is 18.6 Å². The van der Waals surface area contributed by atoms with Gasteiger partial charge < -0.3 is 20.1 Å². The monoisotopic (exact) mass is 1140 g/mol. The number of rotatable bonds is 67. The number of ether oxygens (including phenoxy) is 2. The molecule has 0 bridgehead atoms. The number of carbonyl (C=O) groups excluding carboxylic acids is 2. The Morgan fingerprint density at radius 1 is 0.367 bits per heavy atom. The Labute approximate surface area is 491 Å². The number of phosphoric acid groups is 1. The van der Waals surface area contributed by atoms with Crippen molar-refractivity contribution in [3.63, 3.8) is 0 Å². The number of hydrogen-bond acceptors (Lipinski definition) is 8. The van der Waals surface area contributed by atoms with Crippen molar-refractivity contribution in [2.24, 2.45) is 5.73 Å². The summed E-state index contributed by atoms with van der Waals surface area (Å²) in [6.45, 7) is 3.80. The first-order valence-corrected chi connectivity index (χ1v) is 36.3. The molecule has 468 valence electrons. The summed E-state index contributed by atoms with van der Waals surface area (Å²) in [7, 11) is -4.39. The van der Waals surface area contributed by atoms with Crippen LogP contribution in [0.15, 0.2) is 24.3 Å². The Bertz CT molecular complexity index is 1340. The second kappa shape index (κ2) is 65.6. The Morgan fingerprint density at radius 2 is 0.620 bits per heavy atom. The van der Waals surface area contributed by atoms with Gasteiger partial charge in [0, 0.05) is 19.4 Å². The fourth-order valence-electron chi connectivity index (χ4n) is 10.6. The van der Waals surface area contributed by atoms with E-state index in [2.05, 4.69) is 38.2 Å². The first-order chi connectivity index (χ1) is 38.8. The molecule has 9 nitrogen and oxygen atoms in total. The van der Waals surface area contributed by atoms with E-state index >= 15 is 0 Å². The predicted molar refractivity (Wildman–Crippen MR) is 340 cm³/mol. The van der Waals surface area contributed by atoms with Crippen molar-refractivity contribution in [2.45, 2.75) is 380 Å². The zero-order valence-electron chi connectivity index (χ0n) is 52.6. The standard InChI is InChI=1S/C69H134NO8P/c1-3-5-7-9-11-13-15-17-19-21-23-24-25-26-27-28-29-30-31-32-33-34-35-36-37-38-39-40-41-42-44-46-48-50-52-54-56-58-60-62-69(72)78-67(66-77-79(73,74)76-64-63-70)65-75-68(71)61-59-57-55-53-51-49-47-45-43-22-20-18-16-14-12-10-8-6-4-2/h18,20-21,23,67H,3-17,19,22,24-66,70H2,1-2H3,(H,73,74)/b20-18-,23-21-. The van der Waals surface area contributed by atoms with Crippen molar-refractivity contribution in [2.75, 3.05) is 26.4 Å². The third-order valence-corrected chi connectivity index (χ3v) is 16.8. The highest BCUT2D eigenvalue weighted by Gasteiger charge is 2.26. The maximum absolute atomic E-state index is 12.7. The van der Waals surface area contributed by atoms with E-state index in [0.29, 0.717) is 6.42 Å². The molecule has 0 saturated heterocycles. The molecule has 0 aromatic heterocycles. The van der Waals surface area contributed by atoms with Gasteiger partial charge in [-0.2, -0.15) is 0 Å². The lowest BCUT2D eigenvalue weighted by molar-refractivity contribution is -0.161. The number of allylic oxidation sites excluding steroid dienone is 4. The third-order valence-electron chi connectivity index (χ3n) is 15.8. The van der Waals surface area contributed by atoms with Crippen molar-refractivity contribution in [1.29, 1.82) is 0 Å². The van der Waals surface area contributed by atoms with Gasteiger partial charge in [0.2, 0.25) is 0 Å². The van der Waals surface area contributed by atoms with Gasteiger partial charge in [-0.25, -0.2) is 4.57 Å². The molecule has 0 heterocycles. The number of nitrogens with two attached hydrogens (primary N) is 1. The minimum Gasteiger partial charge on any atom is -0.462 e. The molecule has 0 aliphatic rings. The highest BCUT2D eigenvalue weighted by atomic mass is 31.2. The van der Waals surface area contributed by atoms with Crippen LogP contribution in [0.1, 0.15) is 373 Å². The molecule has 0 aromatic carbocycles. The number of hydrogen-bond donors (Lipinski definition) is 2. The molecule has 0 aromatic rings. The predicted octanol–water partition coefficient (Wildman–Crippen LogP) is 22.5. The Morgan fingerprint density at radius 3 is 0.899 bits per heavy atom. The van der Waals surface area contributed by atoms with Crippen LogP contribution in [-0.4, -0.2) is 49.3 Å². The van der Waals surface area contributed by atoms with Crippen LogP contribution >= 0.6 is 7.82 Å². The number of esters is 2. The largest absolute Gasteiger partial charge is 0.472 e. The van der Waals surface area contributed by atoms with Crippen LogP contribution in [0.25, 0.3) is 0 Å². The van der Waals surface area contributed by atoms with E-state index in [1.807, 2.05) is 0 Å². The zero-order chi connectivity index (χ0) is 57.3. The van der Waals surface area contributed by atoms with Gasteiger partial charge in [0.1, 0.15) is 6.61 Å². The molecular formula is C69H134NO8P. The second-order valence-electron chi connectivity index (χ2n) is 23.7. The van der Waals surface area contributed by atoms with Gasteiger partial charge in [0.25, 0.3) is 0 Å². The molecule has 3 N–H and O–H groups in total. The van der Waals surface area contributed by atoms with Gasteiger partial charge in [-0.05, 0) is 64.2 Å². The molecule has 2 atom stereocenters. The average molecular weight is 1140 g/mol. The van der Waals surface area contributed by atoms with Gasteiger partial charge in [0.15, 0.2) is 6.10 Å². The molecule has 2 unspecified atom stereocenters. The first-order valence-electron chi connectivity index (χ1n) is 34.8. The lowest BCUT2D eigenvalue weighted by Gasteiger charge is -2.19. The summed E-state index contributed by atoms with van der Waals surface area (Å²) in [5, 5.41) is 0. The van der Waals surface area contributed by atoms with Gasteiger partial charge in [0.05, 0.1) is 13.2 Å². The first kappa shape index (κ1) is 77.5. The summed E-state index contributed by atoms with van der Waals surface area (Å²) in [6.07, 6.45) is 80.1. The molecule has 0 radical (unpaired) electrons. The Kier molecular flexibility index (Phi) is 64.4. The van der Waals surface area contributed by atoms with Crippen molar-refractivity contribution in [3.8, 4) is 0 Å². The summed E-state index contributed by atoms with van der Waals surface area (Å²) in [5.41, 5.74) is 5.40. The van der Waals surface area contributed by atoms with Crippen molar-refractivity contribution in [1.82, 2.24) is 0 Å². The zero-order valence-corrected chi connectivity index (χ0v) is 53.5. The van der Waals surface area contributed by atoms with Crippen LogP contribution in [0.2, 0.25) is 0 Å². The fraction of sp³-hybridized carbons (Fsp3) is 0.913. The highest BCUT2D eigenvalue weighted by Crippen LogP contribution is 2.43. The van der Waals surface area contributed by atoms with Crippen LogP contribution in [-0.2, 0) is 32.7 Å². The minimum absolute atomic E-state index is 0.0561. The Balaban J connectivity index is 3.74. The number of unbranched alkanes of at least 4 members (excludes halogenated alkanes) is 50. The third kappa shape index (κ3) is 65.5. The molecular weight excluding hydrogens is 1000 g/mol. The van der Waals surface area contributed by atoms with E-state index in [1.165, 1.54) is 308 Å². The lowest BCUT2D eigenvalue weighted by atomic mass is 10.0. The van der Waals surface area contributed by atoms with Crippen LogP contribution in [0.3, 0.4) is 0 Å². The average Bonchev–Trinajstić information content (AvgIpc) is 3.44. The van der Waals surface area contributed by atoms with E-state index in [1.54, 1.807) is 0 Å². The molecule has 0 saturated carbocycles. The lowest BCUT2D eigenvalue weighted by Crippen LogP contribution is -2.29. The van der Waals surface area contributed by atoms with Crippen LogP contribution in [0.4, 0.5) is 0 Å². The summed E-state index contributed by atoms with van der Waals surface area (Å²) >= 11 is 0. The normalized spacial score (nSPS) is 13.0. The molecule has 10 heteroatoms. The van der Waals surface area contributed by atoms with Crippen LogP contribution in [0, 0.1) is 0 Å². The second-order valence-corrected chi connectivity index (χ2v) is 25.2. The van der Waals surface area contributed by atoms with E-state index < -0.39 is 26.5 Å². The van der Waals surface area contributed by atoms with E-state index in [-0.39, 0.29) is 38.6 Å². The smallest absolute Gasteiger partial charge is 0.462 e. The molecule has 0 fully saturated rings. The molecule has 0 spiro atoms. The Hall–Kier alpha value is -1.51. The summed E-state index contributed by atoms with van der Waals surface area (Å²) < 4.78 is 33.1. The molecule has 0 amide bonds. The number of phosphoric ester groups is 1. The topological polar surface area (TPSA) is 134 Å². The number of carbonyl (C=O) groups is 2. The van der Waals surface area contributed by atoms with Crippen molar-refractivity contribution in [3.05, 3.63) is 24.3 Å². The van der Waals surface area contributed by atoms with Gasteiger partial charge in [-0.15, -0.1) is 0 Å². The molecule has 0 rings (SSSR count). The SMILES string of the molecule is CCCCCCCC/C=C\CCCCCCCCCCCC(=O)OCC(COP(=O)(O)OCCN)OC(=O)CCCCCCCCCCCCCCCCCCCCCCCCCCCCC/C=C\CCCCCCCCCC. The summed E-state index contributed by atoms with van der Waals surface area (Å²) in [5.74, 6) is -0.809. The van der Waals surface area contributed by atoms with E-state index in [0.717, 1.165) is 32.1 Å². The molecule has 0 aliphatic carbocycles. The van der Waals surface area contributed by atoms with Crippen molar-refractivity contribution < 1.29 is 37.6 Å². The molecule has 79 heavy (non-hydrogen) atoms. The van der Waals surface area contributed by atoms with Gasteiger partial charge in [-0.1, -0.05) is 321 Å². The van der Waals surface area contributed by atoms with Crippen LogP contribution in [0.5, 0.6) is 0 Å². The van der Waals surface area contributed by atoms with E-state index in [9.17, 15) is 19.0 Å². The highest BCUT2D eigenvalue weighted by molar-refractivity contribution is 7.47. The van der Waals surface area contributed by atoms with Gasteiger partial charge >= 0.3 is 19.8 Å². The quantitative estimate of drug-likeness (QED) is 0.0264. The maximum atomic E-state index is 12.7. The summed E-state index contributed by atoms with van der Waals surface area (Å²) in [4.78, 5) is 35.3.